The first-order valence-electron chi connectivity index (χ1n) is 9.59. The summed E-state index contributed by atoms with van der Waals surface area (Å²) >= 11 is 1.97. The first-order chi connectivity index (χ1) is 14.5. The lowest BCUT2D eigenvalue weighted by Crippen LogP contribution is -2.32. The summed E-state index contributed by atoms with van der Waals surface area (Å²) in [6, 6.07) is 1.31. The van der Waals surface area contributed by atoms with E-state index in [1.54, 1.807) is 17.3 Å². The smallest absolute Gasteiger partial charge is 0.262 e. The fraction of sp³-hybridized carbons (Fsp3) is 0.429. The van der Waals surface area contributed by atoms with Crippen LogP contribution in [-0.4, -0.2) is 41.4 Å². The Morgan fingerprint density at radius 2 is 2.10 bits per heavy atom. The van der Waals surface area contributed by atoms with Gasteiger partial charge in [0.1, 0.15) is 18.4 Å². The summed E-state index contributed by atoms with van der Waals surface area (Å²) in [6.45, 7) is 4.28. The number of nitrogens with zero attached hydrogens (tertiary/aromatic N) is 2. The molecular weight excluding hydrogens is 407 g/mol. The van der Waals surface area contributed by atoms with E-state index in [4.69, 9.17) is 20.1 Å². The van der Waals surface area contributed by atoms with Crippen LogP contribution in [-0.2, 0) is 4.79 Å². The highest BCUT2D eigenvalue weighted by Gasteiger charge is 2.31. The average Bonchev–Trinajstić information content (AvgIpc) is 3.56. The molecular formula is C21H29FN4O3S. The molecule has 0 bridgehead atoms. The summed E-state index contributed by atoms with van der Waals surface area (Å²) in [4.78, 5) is 12.0. The highest BCUT2D eigenvalue weighted by atomic mass is 32.2. The van der Waals surface area contributed by atoms with Crippen molar-refractivity contribution in [2.75, 3.05) is 18.6 Å². The van der Waals surface area contributed by atoms with Gasteiger partial charge in [-0.1, -0.05) is 13.0 Å². The second kappa shape index (κ2) is 11.1. The molecule has 4 N–H and O–H groups in total. The number of hydrogen-bond acceptors (Lipinski definition) is 8. The standard InChI is InChI=1S/C19H22FN3O2S.CH5N.CH2O/c1-19(11-26-12-19)6-4-14-9-16(5-7-23(14)21)25-18-17(24-15-2-3-15)8-13(20)10-22-18;2*1-2/h4-5,7-10,15H,2-3,6,11-12,21H2,1H3;2H2,1H3;1H2/b14-4-;;. The molecule has 1 saturated heterocycles. The monoisotopic (exact) mass is 436 g/mol. The number of halogens is 1. The summed E-state index contributed by atoms with van der Waals surface area (Å²) in [5.74, 6) is 9.12. The van der Waals surface area contributed by atoms with Gasteiger partial charge < -0.3 is 20.0 Å². The molecule has 0 atom stereocenters. The van der Waals surface area contributed by atoms with E-state index < -0.39 is 5.82 Å². The summed E-state index contributed by atoms with van der Waals surface area (Å²) in [6.07, 6.45) is 11.7. The quantitative estimate of drug-likeness (QED) is 0.656. The molecule has 0 aromatic carbocycles. The van der Waals surface area contributed by atoms with Crippen molar-refractivity contribution in [1.82, 2.24) is 9.99 Å². The van der Waals surface area contributed by atoms with Crippen molar-refractivity contribution in [3.8, 4) is 11.6 Å². The molecule has 0 radical (unpaired) electrons. The van der Waals surface area contributed by atoms with Gasteiger partial charge in [0.05, 0.1) is 18.0 Å². The van der Waals surface area contributed by atoms with Gasteiger partial charge in [0.15, 0.2) is 5.75 Å². The maximum atomic E-state index is 13.5. The predicted molar refractivity (Wildman–Crippen MR) is 117 cm³/mol. The van der Waals surface area contributed by atoms with Crippen LogP contribution in [0.3, 0.4) is 0 Å². The Morgan fingerprint density at radius 1 is 1.40 bits per heavy atom. The SMILES string of the molecule is C=O.CC1(C/C=C2/C=C(Oc3ncc(F)cc3OC3CC3)C=CN2N)CSC1.CN. The minimum atomic E-state index is -0.443. The Hall–Kier alpha value is -2.36. The average molecular weight is 437 g/mol. The summed E-state index contributed by atoms with van der Waals surface area (Å²) in [5.41, 5.74) is 5.71. The van der Waals surface area contributed by atoms with Gasteiger partial charge in [-0.2, -0.15) is 11.8 Å². The van der Waals surface area contributed by atoms with Crippen LogP contribution < -0.4 is 21.1 Å². The molecule has 1 saturated carbocycles. The highest BCUT2D eigenvalue weighted by Crippen LogP contribution is 2.41. The number of pyridine rings is 1. The predicted octanol–water partition coefficient (Wildman–Crippen LogP) is 3.14. The lowest BCUT2D eigenvalue weighted by Gasteiger charge is -2.37. The number of carbonyl (C=O) groups is 1. The Morgan fingerprint density at radius 3 is 2.70 bits per heavy atom. The molecule has 1 aromatic heterocycles. The maximum Gasteiger partial charge on any atom is 0.262 e. The number of carbonyl (C=O) groups excluding carboxylic acids is 1. The van der Waals surface area contributed by atoms with Crippen LogP contribution in [0.2, 0.25) is 0 Å². The lowest BCUT2D eigenvalue weighted by atomic mass is 9.90. The number of allylic oxidation sites excluding steroid dienone is 3. The minimum absolute atomic E-state index is 0.132. The second-order valence-corrected chi connectivity index (χ2v) is 8.27. The molecule has 3 heterocycles. The van der Waals surface area contributed by atoms with Crippen LogP contribution in [0.4, 0.5) is 4.39 Å². The zero-order valence-electron chi connectivity index (χ0n) is 17.3. The molecule has 1 aliphatic carbocycles. The van der Waals surface area contributed by atoms with Crippen molar-refractivity contribution in [3.63, 3.8) is 0 Å². The Balaban J connectivity index is 0.000000757. The van der Waals surface area contributed by atoms with Gasteiger partial charge in [-0.15, -0.1) is 0 Å². The van der Waals surface area contributed by atoms with E-state index in [1.807, 2.05) is 24.6 Å². The fourth-order valence-corrected chi connectivity index (χ4v) is 3.84. The van der Waals surface area contributed by atoms with E-state index in [2.05, 4.69) is 23.7 Å². The highest BCUT2D eigenvalue weighted by molar-refractivity contribution is 8.00. The molecule has 1 aromatic rings. The molecule has 2 fully saturated rings. The molecule has 0 amide bonds. The molecule has 4 rings (SSSR count). The number of hydrogen-bond donors (Lipinski definition) is 2. The van der Waals surface area contributed by atoms with Crippen molar-refractivity contribution >= 4 is 18.6 Å². The van der Waals surface area contributed by atoms with Crippen molar-refractivity contribution in [2.45, 2.75) is 32.3 Å². The zero-order valence-corrected chi connectivity index (χ0v) is 18.2. The molecule has 0 unspecified atom stereocenters. The van der Waals surface area contributed by atoms with E-state index >= 15 is 0 Å². The van der Waals surface area contributed by atoms with E-state index in [0.717, 1.165) is 31.2 Å². The van der Waals surface area contributed by atoms with E-state index in [-0.39, 0.29) is 12.0 Å². The zero-order chi connectivity index (χ0) is 22.1. The molecule has 3 aliphatic rings. The Bertz CT molecular complexity index is 807. The molecule has 7 nitrogen and oxygen atoms in total. The minimum Gasteiger partial charge on any atom is -0.485 e. The van der Waals surface area contributed by atoms with E-state index in [0.29, 0.717) is 16.9 Å². The third-order valence-corrected chi connectivity index (χ3v) is 6.31. The third-order valence-electron chi connectivity index (χ3n) is 4.51. The van der Waals surface area contributed by atoms with Crippen LogP contribution in [0, 0.1) is 11.2 Å². The van der Waals surface area contributed by atoms with Crippen LogP contribution in [0.25, 0.3) is 0 Å². The number of nitrogens with two attached hydrogens (primary N) is 2. The third kappa shape index (κ3) is 6.58. The van der Waals surface area contributed by atoms with Gasteiger partial charge >= 0.3 is 0 Å². The van der Waals surface area contributed by atoms with Gasteiger partial charge in [-0.3, -0.25) is 5.01 Å². The normalized spacial score (nSPS) is 20.1. The van der Waals surface area contributed by atoms with Gasteiger partial charge in [0, 0.05) is 18.3 Å². The first-order valence-corrected chi connectivity index (χ1v) is 10.7. The Labute approximate surface area is 181 Å². The number of thioether (sulfide) groups is 1. The van der Waals surface area contributed by atoms with Gasteiger partial charge in [0.25, 0.3) is 5.88 Å². The largest absolute Gasteiger partial charge is 0.485 e. The van der Waals surface area contributed by atoms with Gasteiger partial charge in [-0.25, -0.2) is 15.2 Å². The van der Waals surface area contributed by atoms with E-state index in [1.165, 1.54) is 24.6 Å². The second-order valence-electron chi connectivity index (χ2n) is 7.28. The lowest BCUT2D eigenvalue weighted by molar-refractivity contribution is -0.0979. The van der Waals surface area contributed by atoms with Crippen LogP contribution in [0.1, 0.15) is 26.2 Å². The summed E-state index contributed by atoms with van der Waals surface area (Å²) < 4.78 is 25.1. The van der Waals surface area contributed by atoms with Crippen LogP contribution in [0.15, 0.2) is 48.1 Å². The van der Waals surface area contributed by atoms with Crippen molar-refractivity contribution in [3.05, 3.63) is 54.0 Å². The topological polar surface area (TPSA) is 104 Å². The summed E-state index contributed by atoms with van der Waals surface area (Å²) in [5, 5.41) is 1.57. The molecule has 0 spiro atoms. The van der Waals surface area contributed by atoms with Crippen molar-refractivity contribution in [1.29, 1.82) is 0 Å². The van der Waals surface area contributed by atoms with E-state index in [9.17, 15) is 4.39 Å². The van der Waals surface area contributed by atoms with Gasteiger partial charge in [-0.05, 0) is 49.3 Å². The first kappa shape index (κ1) is 23.9. The number of aromatic nitrogens is 1. The molecule has 30 heavy (non-hydrogen) atoms. The number of hydrazine groups is 1. The fourth-order valence-electron chi connectivity index (χ4n) is 2.70. The molecule has 9 heteroatoms. The van der Waals surface area contributed by atoms with Gasteiger partial charge in [0.2, 0.25) is 0 Å². The summed E-state index contributed by atoms with van der Waals surface area (Å²) in [7, 11) is 1.50. The Kier molecular flexibility index (Phi) is 8.88. The van der Waals surface area contributed by atoms with Crippen molar-refractivity contribution in [2.24, 2.45) is 17.0 Å². The van der Waals surface area contributed by atoms with Crippen LogP contribution >= 0.6 is 11.8 Å². The van der Waals surface area contributed by atoms with Crippen LogP contribution in [0.5, 0.6) is 11.6 Å². The molecule has 164 valence electrons. The van der Waals surface area contributed by atoms with Crippen molar-refractivity contribution < 1.29 is 18.7 Å². The number of ether oxygens (including phenoxy) is 2. The number of rotatable bonds is 6. The maximum absolute atomic E-state index is 13.5. The molecule has 2 aliphatic heterocycles.